The predicted molar refractivity (Wildman–Crippen MR) is 115 cm³/mol. The molecule has 1 fully saturated rings. The summed E-state index contributed by atoms with van der Waals surface area (Å²) >= 11 is 0. The molecule has 7 nitrogen and oxygen atoms in total. The highest BCUT2D eigenvalue weighted by molar-refractivity contribution is 6.02. The summed E-state index contributed by atoms with van der Waals surface area (Å²) in [5, 5.41) is 7.13. The molecule has 166 valence electrons. The Kier molecular flexibility index (Phi) is 7.10. The molecule has 1 aromatic carbocycles. The van der Waals surface area contributed by atoms with E-state index in [-0.39, 0.29) is 5.60 Å². The third kappa shape index (κ3) is 6.03. The van der Waals surface area contributed by atoms with Crippen molar-refractivity contribution in [1.29, 1.82) is 0 Å². The van der Waals surface area contributed by atoms with Crippen LogP contribution in [0.1, 0.15) is 71.3 Å². The molecule has 1 amide bonds. The van der Waals surface area contributed by atoms with Crippen LogP contribution in [-0.4, -0.2) is 43.3 Å². The molecule has 1 heterocycles. The maximum absolute atomic E-state index is 11.7. The maximum atomic E-state index is 11.7. The topological polar surface area (TPSA) is 78.4 Å². The Morgan fingerprint density at radius 2 is 1.97 bits per heavy atom. The number of hydrogen-bond donors (Lipinski definition) is 1. The Labute approximate surface area is 179 Å². The molecule has 1 aromatic rings. The second-order valence-corrected chi connectivity index (χ2v) is 9.05. The van der Waals surface area contributed by atoms with E-state index in [2.05, 4.69) is 10.5 Å². The maximum Gasteiger partial charge on any atom is 0.407 e. The smallest absolute Gasteiger partial charge is 0.407 e. The van der Waals surface area contributed by atoms with Gasteiger partial charge in [0.2, 0.25) is 0 Å². The molecule has 7 heteroatoms. The van der Waals surface area contributed by atoms with E-state index in [9.17, 15) is 4.79 Å². The van der Waals surface area contributed by atoms with Crippen molar-refractivity contribution < 1.29 is 23.8 Å². The number of benzene rings is 1. The van der Waals surface area contributed by atoms with Gasteiger partial charge in [-0.2, -0.15) is 0 Å². The fourth-order valence-corrected chi connectivity index (χ4v) is 3.87. The Morgan fingerprint density at radius 3 is 2.67 bits per heavy atom. The van der Waals surface area contributed by atoms with Crippen LogP contribution in [0.3, 0.4) is 0 Å². The van der Waals surface area contributed by atoms with Gasteiger partial charge in [0.05, 0.1) is 19.4 Å². The lowest BCUT2D eigenvalue weighted by atomic mass is 9.81. The molecule has 1 aliphatic heterocycles. The summed E-state index contributed by atoms with van der Waals surface area (Å²) in [5.74, 6) is 1.34. The van der Waals surface area contributed by atoms with Gasteiger partial charge in [-0.25, -0.2) is 4.79 Å². The van der Waals surface area contributed by atoms with Crippen molar-refractivity contribution in [1.82, 2.24) is 5.32 Å². The molecule has 30 heavy (non-hydrogen) atoms. The van der Waals surface area contributed by atoms with Gasteiger partial charge < -0.3 is 24.4 Å². The minimum absolute atomic E-state index is 0.109. The molecule has 0 bridgehead atoms. The molecule has 3 rings (SSSR count). The second kappa shape index (κ2) is 9.58. The summed E-state index contributed by atoms with van der Waals surface area (Å²) in [7, 11) is 1.62. The predicted octanol–water partition coefficient (Wildman–Crippen LogP) is 4.82. The average molecular weight is 419 g/mol. The number of rotatable bonds is 7. The first-order chi connectivity index (χ1) is 14.3. The van der Waals surface area contributed by atoms with E-state index in [1.807, 2.05) is 39.0 Å². The van der Waals surface area contributed by atoms with Crippen molar-refractivity contribution in [2.75, 3.05) is 20.3 Å². The number of hydrogen-bond acceptors (Lipinski definition) is 6. The minimum atomic E-state index is -0.503. The molecule has 0 atom stereocenters. The standard InChI is InChI=1S/C23H34N2O5/c1-22(2,3)29-21(26)24-13-8-14-28-20-15-17(9-10-19(20)27-4)18-16-23(30-25-18)11-6-5-7-12-23/h9-10,15H,5-8,11-14,16H2,1-4H3,(H,24,26). The first-order valence-electron chi connectivity index (χ1n) is 10.8. The van der Waals surface area contributed by atoms with Crippen LogP contribution in [0.15, 0.2) is 23.4 Å². The largest absolute Gasteiger partial charge is 0.493 e. The third-order valence-corrected chi connectivity index (χ3v) is 5.35. The van der Waals surface area contributed by atoms with E-state index in [0.717, 1.165) is 30.5 Å². The van der Waals surface area contributed by atoms with Crippen LogP contribution in [-0.2, 0) is 9.57 Å². The summed E-state index contributed by atoms with van der Waals surface area (Å²) in [6.45, 7) is 6.43. The highest BCUT2D eigenvalue weighted by Gasteiger charge is 2.40. The van der Waals surface area contributed by atoms with Gasteiger partial charge in [-0.1, -0.05) is 11.6 Å². The Bertz CT molecular complexity index is 763. The van der Waals surface area contributed by atoms with Crippen LogP contribution in [0, 0.1) is 0 Å². The van der Waals surface area contributed by atoms with Gasteiger partial charge in [-0.05, 0) is 71.1 Å². The lowest BCUT2D eigenvalue weighted by Crippen LogP contribution is -2.33. The lowest BCUT2D eigenvalue weighted by Gasteiger charge is -2.30. The van der Waals surface area contributed by atoms with Crippen LogP contribution < -0.4 is 14.8 Å². The fraction of sp³-hybridized carbons (Fsp3) is 0.652. The van der Waals surface area contributed by atoms with Crippen LogP contribution in [0.25, 0.3) is 0 Å². The number of carbonyl (C=O) groups excluding carboxylic acids is 1. The number of methoxy groups -OCH3 is 1. The second-order valence-electron chi connectivity index (χ2n) is 9.05. The van der Waals surface area contributed by atoms with Crippen molar-refractivity contribution in [3.8, 4) is 11.5 Å². The number of alkyl carbamates (subject to hydrolysis) is 1. The molecular weight excluding hydrogens is 384 g/mol. The van der Waals surface area contributed by atoms with Gasteiger partial charge in [0.1, 0.15) is 11.2 Å². The van der Waals surface area contributed by atoms with Crippen molar-refractivity contribution in [3.63, 3.8) is 0 Å². The Balaban J connectivity index is 1.52. The number of nitrogens with one attached hydrogen (secondary N) is 1. The van der Waals surface area contributed by atoms with Gasteiger partial charge in [-0.3, -0.25) is 0 Å². The van der Waals surface area contributed by atoms with E-state index >= 15 is 0 Å². The van der Waals surface area contributed by atoms with Crippen LogP contribution in [0.4, 0.5) is 4.79 Å². The molecular formula is C23H34N2O5. The Morgan fingerprint density at radius 1 is 1.20 bits per heavy atom. The first kappa shape index (κ1) is 22.2. The molecule has 1 N–H and O–H groups in total. The van der Waals surface area contributed by atoms with Crippen molar-refractivity contribution in [2.45, 2.75) is 76.9 Å². The van der Waals surface area contributed by atoms with Gasteiger partial charge in [0.15, 0.2) is 11.5 Å². The molecule has 2 aliphatic rings. The summed E-state index contributed by atoms with van der Waals surface area (Å²) in [6, 6.07) is 5.86. The lowest BCUT2D eigenvalue weighted by molar-refractivity contribution is -0.0449. The zero-order chi connectivity index (χ0) is 21.6. The molecule has 1 saturated carbocycles. The van der Waals surface area contributed by atoms with E-state index in [1.165, 1.54) is 19.3 Å². The number of nitrogens with zero attached hydrogens (tertiary/aromatic N) is 1. The van der Waals surface area contributed by atoms with E-state index in [0.29, 0.717) is 31.1 Å². The van der Waals surface area contributed by atoms with Crippen LogP contribution in [0.2, 0.25) is 0 Å². The number of ether oxygens (including phenoxy) is 3. The highest BCUT2D eigenvalue weighted by Crippen LogP contribution is 2.40. The molecule has 1 aliphatic carbocycles. The van der Waals surface area contributed by atoms with Crippen molar-refractivity contribution in [2.24, 2.45) is 5.16 Å². The average Bonchev–Trinajstić information content (AvgIpc) is 3.10. The minimum Gasteiger partial charge on any atom is -0.493 e. The normalized spacial score (nSPS) is 17.8. The van der Waals surface area contributed by atoms with Crippen molar-refractivity contribution in [3.05, 3.63) is 23.8 Å². The number of oxime groups is 1. The first-order valence-corrected chi connectivity index (χ1v) is 10.8. The summed E-state index contributed by atoms with van der Waals surface area (Å²) in [5.41, 5.74) is 1.36. The molecule has 0 radical (unpaired) electrons. The van der Waals surface area contributed by atoms with E-state index < -0.39 is 11.7 Å². The van der Waals surface area contributed by atoms with Gasteiger partial charge in [-0.15, -0.1) is 0 Å². The van der Waals surface area contributed by atoms with Gasteiger partial charge in [0.25, 0.3) is 0 Å². The van der Waals surface area contributed by atoms with E-state index in [4.69, 9.17) is 19.0 Å². The number of carbonyl (C=O) groups is 1. The highest BCUT2D eigenvalue weighted by atomic mass is 16.7. The van der Waals surface area contributed by atoms with Gasteiger partial charge in [0, 0.05) is 18.5 Å². The fourth-order valence-electron chi connectivity index (χ4n) is 3.87. The summed E-state index contributed by atoms with van der Waals surface area (Å²) in [6.07, 6.45) is 6.92. The van der Waals surface area contributed by atoms with Crippen LogP contribution >= 0.6 is 0 Å². The van der Waals surface area contributed by atoms with Crippen molar-refractivity contribution >= 4 is 11.8 Å². The third-order valence-electron chi connectivity index (χ3n) is 5.35. The van der Waals surface area contributed by atoms with E-state index in [1.54, 1.807) is 7.11 Å². The molecule has 0 unspecified atom stereocenters. The summed E-state index contributed by atoms with van der Waals surface area (Å²) < 4.78 is 16.6. The van der Waals surface area contributed by atoms with Crippen LogP contribution in [0.5, 0.6) is 11.5 Å². The SMILES string of the molecule is COc1ccc(C2=NOC3(CCCCC3)C2)cc1OCCCNC(=O)OC(C)(C)C. The molecule has 0 saturated heterocycles. The molecule has 1 spiro atoms. The quantitative estimate of drug-likeness (QED) is 0.643. The zero-order valence-corrected chi connectivity index (χ0v) is 18.6. The monoisotopic (exact) mass is 418 g/mol. The zero-order valence-electron chi connectivity index (χ0n) is 18.6. The molecule has 0 aromatic heterocycles. The van der Waals surface area contributed by atoms with Gasteiger partial charge >= 0.3 is 6.09 Å². The Hall–Kier alpha value is -2.44. The summed E-state index contributed by atoms with van der Waals surface area (Å²) in [4.78, 5) is 17.6. The number of amides is 1.